The van der Waals surface area contributed by atoms with Crippen LogP contribution < -0.4 is 0 Å². The highest BCUT2D eigenvalue weighted by molar-refractivity contribution is 5.97. The molecule has 3 fully saturated rings. The Morgan fingerprint density at radius 1 is 0.485 bits per heavy atom. The fraction of sp³-hybridized carbons (Fsp3) is 0.500. The maximum atomic E-state index is 12.2. The first-order valence-electron chi connectivity index (χ1n) is 11.1. The summed E-state index contributed by atoms with van der Waals surface area (Å²) in [5.74, 6) is -5.41. The summed E-state index contributed by atoms with van der Waals surface area (Å²) in [5, 5.41) is 0. The summed E-state index contributed by atoms with van der Waals surface area (Å²) in [5.41, 5.74) is 2.26. The molecule has 1 aliphatic carbocycles. The zero-order chi connectivity index (χ0) is 23.5. The fourth-order valence-electron chi connectivity index (χ4n) is 4.78. The first-order chi connectivity index (χ1) is 15.8. The van der Waals surface area contributed by atoms with Crippen LogP contribution in [0.3, 0.4) is 0 Å². The van der Waals surface area contributed by atoms with Crippen molar-refractivity contribution in [1.82, 2.24) is 0 Å². The lowest BCUT2D eigenvalue weighted by Crippen LogP contribution is -2.15. The van der Waals surface area contributed by atoms with E-state index < -0.39 is 53.6 Å². The number of carbonyl (C=O) groups is 6. The number of allylic oxidation sites excluding steroid dienone is 3. The van der Waals surface area contributed by atoms with Gasteiger partial charge in [0.05, 0.1) is 37.0 Å². The van der Waals surface area contributed by atoms with Crippen LogP contribution in [0.4, 0.5) is 0 Å². The van der Waals surface area contributed by atoms with E-state index in [1.165, 1.54) is 0 Å². The van der Waals surface area contributed by atoms with E-state index in [9.17, 15) is 28.8 Å². The summed E-state index contributed by atoms with van der Waals surface area (Å²) in [4.78, 5) is 71.4. The van der Waals surface area contributed by atoms with Gasteiger partial charge in [0.2, 0.25) is 0 Å². The molecule has 0 aromatic rings. The molecule has 0 amide bonds. The number of ether oxygens (including phenoxy) is 3. The summed E-state index contributed by atoms with van der Waals surface area (Å²) >= 11 is 0. The molecule has 0 saturated carbocycles. The van der Waals surface area contributed by atoms with E-state index in [1.54, 1.807) is 0 Å². The van der Waals surface area contributed by atoms with Crippen LogP contribution in [-0.4, -0.2) is 35.8 Å². The van der Waals surface area contributed by atoms with Gasteiger partial charge in [-0.05, 0) is 38.5 Å². The van der Waals surface area contributed by atoms with Crippen molar-refractivity contribution in [2.45, 2.75) is 57.8 Å². The molecule has 0 N–H and O–H groups in total. The number of hydrogen-bond acceptors (Lipinski definition) is 9. The van der Waals surface area contributed by atoms with Gasteiger partial charge in [-0.15, -0.1) is 0 Å². The van der Waals surface area contributed by atoms with Crippen LogP contribution in [0.2, 0.25) is 0 Å². The molecule has 4 aliphatic rings. The van der Waals surface area contributed by atoms with Crippen molar-refractivity contribution >= 4 is 35.8 Å². The van der Waals surface area contributed by atoms with Crippen molar-refractivity contribution in [3.8, 4) is 0 Å². The molecular formula is C24H24O9. The van der Waals surface area contributed by atoms with Gasteiger partial charge in [-0.2, -0.15) is 0 Å². The Balaban J connectivity index is 1.61. The Kier molecular flexibility index (Phi) is 6.67. The first kappa shape index (κ1) is 22.8. The van der Waals surface area contributed by atoms with Gasteiger partial charge in [0.25, 0.3) is 0 Å². The molecule has 0 bridgehead atoms. The molecule has 9 nitrogen and oxygen atoms in total. The smallest absolute Gasteiger partial charge is 0.321 e. The average molecular weight is 456 g/mol. The third-order valence-corrected chi connectivity index (χ3v) is 6.47. The van der Waals surface area contributed by atoms with E-state index in [1.807, 2.05) is 18.2 Å². The molecule has 3 aliphatic heterocycles. The highest BCUT2D eigenvalue weighted by Crippen LogP contribution is 2.35. The van der Waals surface area contributed by atoms with E-state index in [0.717, 1.165) is 16.7 Å². The highest BCUT2D eigenvalue weighted by Gasteiger charge is 2.39. The molecule has 3 saturated heterocycles. The Morgan fingerprint density at radius 3 is 1.15 bits per heavy atom. The first-order valence-corrected chi connectivity index (χ1v) is 11.1. The second-order valence-corrected chi connectivity index (χ2v) is 8.60. The molecule has 0 spiro atoms. The summed E-state index contributed by atoms with van der Waals surface area (Å²) in [6.07, 6.45) is 8.64. The van der Waals surface area contributed by atoms with Crippen molar-refractivity contribution in [2.75, 3.05) is 0 Å². The van der Waals surface area contributed by atoms with Gasteiger partial charge in [-0.3, -0.25) is 28.8 Å². The summed E-state index contributed by atoms with van der Waals surface area (Å²) in [7, 11) is 0. The maximum Gasteiger partial charge on any atom is 0.321 e. The van der Waals surface area contributed by atoms with E-state index in [0.29, 0.717) is 38.5 Å². The average Bonchev–Trinajstić information content (AvgIpc) is 3.38. The number of rotatable bonds is 3. The lowest BCUT2D eigenvalue weighted by Gasteiger charge is -2.17. The van der Waals surface area contributed by atoms with Crippen LogP contribution in [0, 0.1) is 17.8 Å². The van der Waals surface area contributed by atoms with Crippen molar-refractivity contribution in [2.24, 2.45) is 17.8 Å². The minimum atomic E-state index is -0.690. The summed E-state index contributed by atoms with van der Waals surface area (Å²) in [6, 6.07) is 0. The minimum absolute atomic E-state index is 0.00179. The van der Waals surface area contributed by atoms with Crippen molar-refractivity contribution in [1.29, 1.82) is 0 Å². The second kappa shape index (κ2) is 9.64. The van der Waals surface area contributed by atoms with Crippen LogP contribution in [0.15, 0.2) is 34.9 Å². The van der Waals surface area contributed by atoms with Crippen molar-refractivity contribution in [3.05, 3.63) is 34.9 Å². The molecule has 174 valence electrons. The molecule has 0 unspecified atom stereocenters. The van der Waals surface area contributed by atoms with E-state index in [-0.39, 0.29) is 19.3 Å². The zero-order valence-corrected chi connectivity index (χ0v) is 18.0. The van der Waals surface area contributed by atoms with Crippen molar-refractivity contribution < 1.29 is 43.0 Å². The lowest BCUT2D eigenvalue weighted by atomic mass is 9.85. The van der Waals surface area contributed by atoms with Gasteiger partial charge in [-0.1, -0.05) is 34.9 Å². The SMILES string of the molecule is O=C1C[C@@H](/C2=C/CC/C=C(/[C@@H]3CC(=O)OC3=O)CC/C([C@@H]3CC(=O)OC3=O)=C\CC2)C(=O)O1. The number of cyclic esters (lactones) is 6. The number of carbonyl (C=O) groups excluding carboxylic acids is 6. The lowest BCUT2D eigenvalue weighted by molar-refractivity contribution is -0.154. The van der Waals surface area contributed by atoms with Crippen LogP contribution in [0.25, 0.3) is 0 Å². The van der Waals surface area contributed by atoms with Crippen LogP contribution in [0.5, 0.6) is 0 Å². The molecule has 0 aromatic carbocycles. The van der Waals surface area contributed by atoms with Crippen molar-refractivity contribution in [3.63, 3.8) is 0 Å². The predicted molar refractivity (Wildman–Crippen MR) is 110 cm³/mol. The molecular weight excluding hydrogens is 432 g/mol. The van der Waals surface area contributed by atoms with Gasteiger partial charge >= 0.3 is 35.8 Å². The Labute approximate surface area is 189 Å². The fourth-order valence-corrected chi connectivity index (χ4v) is 4.78. The third kappa shape index (κ3) is 5.18. The number of hydrogen-bond donors (Lipinski definition) is 0. The Hall–Kier alpha value is -3.36. The second-order valence-electron chi connectivity index (χ2n) is 8.60. The Morgan fingerprint density at radius 2 is 0.818 bits per heavy atom. The molecule has 9 heteroatoms. The largest absolute Gasteiger partial charge is 0.393 e. The zero-order valence-electron chi connectivity index (χ0n) is 18.0. The molecule has 4 rings (SSSR count). The Bertz CT molecular complexity index is 1010. The third-order valence-electron chi connectivity index (χ3n) is 6.47. The van der Waals surface area contributed by atoms with E-state index in [4.69, 9.17) is 14.2 Å². The van der Waals surface area contributed by atoms with Gasteiger partial charge < -0.3 is 14.2 Å². The van der Waals surface area contributed by atoms with Gasteiger partial charge in [0.1, 0.15) is 0 Å². The molecule has 0 aromatic heterocycles. The van der Waals surface area contributed by atoms with E-state index >= 15 is 0 Å². The van der Waals surface area contributed by atoms with Gasteiger partial charge in [0, 0.05) is 0 Å². The predicted octanol–water partition coefficient (Wildman–Crippen LogP) is 2.39. The van der Waals surface area contributed by atoms with Gasteiger partial charge in [-0.25, -0.2) is 0 Å². The summed E-state index contributed by atoms with van der Waals surface area (Å²) < 4.78 is 14.1. The topological polar surface area (TPSA) is 130 Å². The standard InChI is InChI=1S/C24H24O9/c25-19-10-16(22(28)31-19)13-4-1-2-5-14(17-11-20(26)32-23(17)29)8-9-15(7-3-6-13)18-12-21(27)33-24(18)30/h4-5,7,16-18H,1-3,6,8-12H2/b13-4+,14-5+,15-7+/t16-,17-,18-/m0/s1. The molecule has 0 radical (unpaired) electrons. The van der Waals surface area contributed by atoms with Gasteiger partial charge in [0.15, 0.2) is 0 Å². The number of esters is 6. The van der Waals surface area contributed by atoms with E-state index in [2.05, 4.69) is 0 Å². The quantitative estimate of drug-likeness (QED) is 0.272. The minimum Gasteiger partial charge on any atom is -0.393 e. The summed E-state index contributed by atoms with van der Waals surface area (Å²) in [6.45, 7) is 0. The van der Waals surface area contributed by atoms with Crippen LogP contribution in [0.1, 0.15) is 57.8 Å². The monoisotopic (exact) mass is 456 g/mol. The molecule has 3 heterocycles. The van der Waals surface area contributed by atoms with Crippen LogP contribution >= 0.6 is 0 Å². The maximum absolute atomic E-state index is 12.2. The molecule has 3 atom stereocenters. The normalized spacial score (nSPS) is 34.2. The highest BCUT2D eigenvalue weighted by atomic mass is 16.6. The molecule has 33 heavy (non-hydrogen) atoms. The van der Waals surface area contributed by atoms with Crippen LogP contribution in [-0.2, 0) is 43.0 Å².